The summed E-state index contributed by atoms with van der Waals surface area (Å²) in [6.45, 7) is 1.58. The molecule has 0 spiro atoms. The number of carbonyl (C=O) groups is 3. The number of hydrogen-bond acceptors (Lipinski definition) is 4. The summed E-state index contributed by atoms with van der Waals surface area (Å²) < 4.78 is 0. The van der Waals surface area contributed by atoms with E-state index in [0.29, 0.717) is 11.6 Å². The zero-order valence-electron chi connectivity index (χ0n) is 13.3. The van der Waals surface area contributed by atoms with Gasteiger partial charge in [-0.15, -0.1) is 11.8 Å². The fraction of sp³-hybridized carbons (Fsp3) is 0.471. The van der Waals surface area contributed by atoms with Crippen LogP contribution in [-0.4, -0.2) is 63.5 Å². The molecule has 2 saturated heterocycles. The van der Waals surface area contributed by atoms with Crippen LogP contribution in [0.5, 0.6) is 0 Å². The Morgan fingerprint density at radius 2 is 1.79 bits per heavy atom. The maximum Gasteiger partial charge on any atom is 0.335 e. The Hall–Kier alpha value is -2.02. The third-order valence-corrected chi connectivity index (χ3v) is 5.47. The van der Waals surface area contributed by atoms with Crippen LogP contribution in [0.4, 0.5) is 0 Å². The SMILES string of the molecule is O=C(O)c1ccc(CC(=O)N2CSCC2C(=O)N2CCCC2)cc1. The zero-order valence-corrected chi connectivity index (χ0v) is 14.1. The van der Waals surface area contributed by atoms with Crippen LogP contribution in [0, 0.1) is 0 Å². The highest BCUT2D eigenvalue weighted by Gasteiger charge is 2.37. The van der Waals surface area contributed by atoms with Gasteiger partial charge < -0.3 is 14.9 Å². The fourth-order valence-corrected chi connectivity index (χ4v) is 4.25. The number of carboxylic acids is 1. The third kappa shape index (κ3) is 3.56. The summed E-state index contributed by atoms with van der Waals surface area (Å²) in [7, 11) is 0. The molecule has 1 unspecified atom stereocenters. The highest BCUT2D eigenvalue weighted by atomic mass is 32.2. The molecular weight excluding hydrogens is 328 g/mol. The second-order valence-corrected chi connectivity index (χ2v) is 7.09. The minimum Gasteiger partial charge on any atom is -0.478 e. The maximum absolute atomic E-state index is 12.6. The number of thioether (sulfide) groups is 1. The van der Waals surface area contributed by atoms with Crippen LogP contribution < -0.4 is 0 Å². The molecule has 0 saturated carbocycles. The smallest absolute Gasteiger partial charge is 0.335 e. The summed E-state index contributed by atoms with van der Waals surface area (Å²) >= 11 is 1.60. The van der Waals surface area contributed by atoms with Gasteiger partial charge >= 0.3 is 5.97 Å². The van der Waals surface area contributed by atoms with E-state index < -0.39 is 5.97 Å². The number of carboxylic acid groups (broad SMARTS) is 1. The number of aromatic carboxylic acids is 1. The van der Waals surface area contributed by atoms with Crippen LogP contribution in [0.25, 0.3) is 0 Å². The van der Waals surface area contributed by atoms with Gasteiger partial charge in [-0.25, -0.2) is 4.79 Å². The lowest BCUT2D eigenvalue weighted by atomic mass is 10.1. The van der Waals surface area contributed by atoms with Gasteiger partial charge in [0.1, 0.15) is 6.04 Å². The van der Waals surface area contributed by atoms with Crippen molar-refractivity contribution in [3.8, 4) is 0 Å². The monoisotopic (exact) mass is 348 g/mol. The van der Waals surface area contributed by atoms with Gasteiger partial charge in [0, 0.05) is 18.8 Å². The molecule has 1 aromatic rings. The van der Waals surface area contributed by atoms with E-state index in [2.05, 4.69) is 0 Å². The molecule has 7 heteroatoms. The molecule has 1 aromatic carbocycles. The first-order valence-corrected chi connectivity index (χ1v) is 9.20. The lowest BCUT2D eigenvalue weighted by Gasteiger charge is -2.27. The number of benzene rings is 1. The van der Waals surface area contributed by atoms with E-state index in [4.69, 9.17) is 5.11 Å². The molecule has 1 atom stereocenters. The lowest BCUT2D eigenvalue weighted by molar-refractivity contribution is -0.142. The van der Waals surface area contributed by atoms with Gasteiger partial charge in [-0.05, 0) is 30.5 Å². The van der Waals surface area contributed by atoms with E-state index in [1.807, 2.05) is 4.90 Å². The molecule has 0 bridgehead atoms. The number of hydrogen-bond donors (Lipinski definition) is 1. The van der Waals surface area contributed by atoms with E-state index >= 15 is 0 Å². The highest BCUT2D eigenvalue weighted by Crippen LogP contribution is 2.25. The summed E-state index contributed by atoms with van der Waals surface area (Å²) in [6.07, 6.45) is 2.26. The van der Waals surface area contributed by atoms with Crippen LogP contribution in [0.15, 0.2) is 24.3 Å². The summed E-state index contributed by atoms with van der Waals surface area (Å²) in [5.74, 6) is 0.183. The first kappa shape index (κ1) is 16.8. The predicted molar refractivity (Wildman–Crippen MR) is 90.9 cm³/mol. The van der Waals surface area contributed by atoms with Crippen LogP contribution in [-0.2, 0) is 16.0 Å². The molecule has 0 radical (unpaired) electrons. The molecule has 2 aliphatic heterocycles. The van der Waals surface area contributed by atoms with Crippen LogP contribution in [0.2, 0.25) is 0 Å². The molecule has 2 fully saturated rings. The van der Waals surface area contributed by atoms with Crippen LogP contribution in [0.1, 0.15) is 28.8 Å². The van der Waals surface area contributed by atoms with Crippen molar-refractivity contribution < 1.29 is 19.5 Å². The van der Waals surface area contributed by atoms with Crippen LogP contribution in [0.3, 0.4) is 0 Å². The standard InChI is InChI=1S/C17H20N2O4S/c20-15(9-12-3-5-13(6-4-12)17(22)23)19-11-24-10-14(19)16(21)18-7-1-2-8-18/h3-6,14H,1-2,7-11H2,(H,22,23). The average molecular weight is 348 g/mol. The summed E-state index contributed by atoms with van der Waals surface area (Å²) in [5, 5.41) is 8.91. The molecule has 3 rings (SSSR count). The summed E-state index contributed by atoms with van der Waals surface area (Å²) in [4.78, 5) is 39.6. The number of nitrogens with zero attached hydrogens (tertiary/aromatic N) is 2. The molecule has 2 aliphatic rings. The third-order valence-electron chi connectivity index (χ3n) is 4.46. The van der Waals surface area contributed by atoms with E-state index in [-0.39, 0.29) is 29.8 Å². The van der Waals surface area contributed by atoms with Crippen molar-refractivity contribution in [1.29, 1.82) is 0 Å². The number of amides is 2. The molecular formula is C17H20N2O4S. The van der Waals surface area contributed by atoms with Crippen molar-refractivity contribution in [1.82, 2.24) is 9.80 Å². The van der Waals surface area contributed by atoms with Crippen molar-refractivity contribution in [3.05, 3.63) is 35.4 Å². The van der Waals surface area contributed by atoms with Crippen molar-refractivity contribution in [2.24, 2.45) is 0 Å². The van der Waals surface area contributed by atoms with Gasteiger partial charge in [0.15, 0.2) is 0 Å². The van der Waals surface area contributed by atoms with E-state index in [1.165, 1.54) is 12.1 Å². The second-order valence-electron chi connectivity index (χ2n) is 6.09. The molecule has 128 valence electrons. The molecule has 2 heterocycles. The lowest BCUT2D eigenvalue weighted by Crippen LogP contribution is -2.48. The van der Waals surface area contributed by atoms with E-state index in [9.17, 15) is 14.4 Å². The molecule has 1 N–H and O–H groups in total. The molecule has 2 amide bonds. The van der Waals surface area contributed by atoms with Crippen molar-refractivity contribution in [2.75, 3.05) is 24.7 Å². The Morgan fingerprint density at radius 3 is 2.42 bits per heavy atom. The Morgan fingerprint density at radius 1 is 1.12 bits per heavy atom. The van der Waals surface area contributed by atoms with E-state index in [0.717, 1.165) is 31.5 Å². The average Bonchev–Trinajstić information content (AvgIpc) is 3.26. The Balaban J connectivity index is 1.64. The number of rotatable bonds is 4. The second kappa shape index (κ2) is 7.25. The molecule has 6 nitrogen and oxygen atoms in total. The number of likely N-dealkylation sites (tertiary alicyclic amines) is 1. The topological polar surface area (TPSA) is 77.9 Å². The van der Waals surface area contributed by atoms with E-state index in [1.54, 1.807) is 28.8 Å². The first-order valence-electron chi connectivity index (χ1n) is 8.04. The molecule has 0 aliphatic carbocycles. The summed E-state index contributed by atoms with van der Waals surface area (Å²) in [5.41, 5.74) is 0.958. The van der Waals surface area contributed by atoms with Gasteiger partial charge in [0.05, 0.1) is 17.9 Å². The number of carbonyl (C=O) groups excluding carboxylic acids is 2. The molecule has 24 heavy (non-hydrogen) atoms. The quantitative estimate of drug-likeness (QED) is 0.891. The minimum atomic E-state index is -0.986. The van der Waals surface area contributed by atoms with Crippen molar-refractivity contribution in [2.45, 2.75) is 25.3 Å². The Bertz CT molecular complexity index is 640. The Kier molecular flexibility index (Phi) is 5.08. The highest BCUT2D eigenvalue weighted by molar-refractivity contribution is 7.99. The van der Waals surface area contributed by atoms with Gasteiger partial charge in [-0.3, -0.25) is 9.59 Å². The normalized spacial score (nSPS) is 20.4. The summed E-state index contributed by atoms with van der Waals surface area (Å²) in [6, 6.07) is 5.94. The minimum absolute atomic E-state index is 0.0621. The maximum atomic E-state index is 12.6. The van der Waals surface area contributed by atoms with Crippen molar-refractivity contribution in [3.63, 3.8) is 0 Å². The van der Waals surface area contributed by atoms with Gasteiger partial charge in [-0.2, -0.15) is 0 Å². The van der Waals surface area contributed by atoms with Crippen LogP contribution >= 0.6 is 11.8 Å². The van der Waals surface area contributed by atoms with Gasteiger partial charge in [0.25, 0.3) is 0 Å². The van der Waals surface area contributed by atoms with Gasteiger partial charge in [-0.1, -0.05) is 12.1 Å². The predicted octanol–water partition coefficient (Wildman–Crippen LogP) is 1.45. The zero-order chi connectivity index (χ0) is 17.1. The molecule has 0 aromatic heterocycles. The largest absolute Gasteiger partial charge is 0.478 e. The fourth-order valence-electron chi connectivity index (χ4n) is 3.08. The Labute approximate surface area is 144 Å². The van der Waals surface area contributed by atoms with Crippen molar-refractivity contribution >= 4 is 29.5 Å². The first-order chi connectivity index (χ1) is 11.6. The van der Waals surface area contributed by atoms with Gasteiger partial charge in [0.2, 0.25) is 11.8 Å².